The lowest BCUT2D eigenvalue weighted by atomic mass is 9.90. The van der Waals surface area contributed by atoms with Crippen LogP contribution in [-0.2, 0) is 14.2 Å². The van der Waals surface area contributed by atoms with Crippen molar-refractivity contribution in [2.45, 2.75) is 56.1 Å². The monoisotopic (exact) mass is 681 g/mol. The highest BCUT2D eigenvalue weighted by atomic mass is 32.1. The molecule has 0 aliphatic carbocycles. The Bertz CT molecular complexity index is 1760. The first-order chi connectivity index (χ1) is 22.5. The Morgan fingerprint density at radius 2 is 1.87 bits per heavy atom. The van der Waals surface area contributed by atoms with E-state index in [0.29, 0.717) is 55.5 Å². The molecule has 3 amide bonds. The molecule has 0 bridgehead atoms. The second-order valence-electron chi connectivity index (χ2n) is 12.5. The van der Waals surface area contributed by atoms with Gasteiger partial charge in [0.2, 0.25) is 17.7 Å². The van der Waals surface area contributed by atoms with Gasteiger partial charge in [-0.3, -0.25) is 18.9 Å². The highest BCUT2D eigenvalue weighted by Crippen LogP contribution is 2.53. The van der Waals surface area contributed by atoms with Gasteiger partial charge in [-0.15, -0.1) is 11.3 Å². The number of hydrogen-bond acceptors (Lipinski definition) is 7. The van der Waals surface area contributed by atoms with Crippen LogP contribution in [0.5, 0.6) is 0 Å². The van der Waals surface area contributed by atoms with Gasteiger partial charge < -0.3 is 29.8 Å². The number of rotatable bonds is 7. The molecule has 6 atom stereocenters. The molecule has 0 radical (unpaired) electrons. The number of alkyl halides is 1. The summed E-state index contributed by atoms with van der Waals surface area (Å²) in [6, 6.07) is 15.9. The molecule has 0 saturated carbocycles. The first-order valence-corrected chi connectivity index (χ1v) is 18.3. The van der Waals surface area contributed by atoms with E-state index in [1.807, 2.05) is 37.3 Å². The summed E-state index contributed by atoms with van der Waals surface area (Å²) in [5.74, 6) is -3.93. The lowest BCUT2D eigenvalue weighted by Gasteiger charge is -2.39. The van der Waals surface area contributed by atoms with Crippen LogP contribution in [0.25, 0.3) is 10.1 Å². The average molecular weight is 682 g/mol. The van der Waals surface area contributed by atoms with Crippen molar-refractivity contribution in [3.8, 4) is 6.07 Å². The van der Waals surface area contributed by atoms with Crippen LogP contribution >= 0.6 is 18.9 Å². The second kappa shape index (κ2) is 13.5. The molecule has 14 heteroatoms. The minimum atomic E-state index is -5.00. The van der Waals surface area contributed by atoms with Gasteiger partial charge in [0.05, 0.1) is 16.9 Å². The molecule has 11 nitrogen and oxygen atoms in total. The van der Waals surface area contributed by atoms with Crippen molar-refractivity contribution in [2.24, 2.45) is 5.92 Å². The molecule has 3 aliphatic rings. The Hall–Kier alpha value is -3.66. The van der Waals surface area contributed by atoms with Crippen LogP contribution in [0.2, 0.25) is 0 Å². The fourth-order valence-electron chi connectivity index (χ4n) is 7.18. The average Bonchev–Trinajstić information content (AvgIpc) is 3.80. The highest BCUT2D eigenvalue weighted by molar-refractivity contribution is 7.51. The number of likely N-dealkylation sites (tertiary alicyclic amines) is 1. The van der Waals surface area contributed by atoms with Gasteiger partial charge in [0, 0.05) is 42.8 Å². The molecular weight excluding hydrogens is 644 g/mol. The lowest BCUT2D eigenvalue weighted by Crippen LogP contribution is -2.60. The van der Waals surface area contributed by atoms with Crippen LogP contribution in [0.4, 0.5) is 4.39 Å². The molecule has 3 aliphatic heterocycles. The molecular formula is C33H37FN5O6PS. The van der Waals surface area contributed by atoms with Gasteiger partial charge in [-0.05, 0) is 60.5 Å². The van der Waals surface area contributed by atoms with Gasteiger partial charge >= 0.3 is 7.60 Å². The van der Waals surface area contributed by atoms with E-state index < -0.39 is 31.5 Å². The number of halogens is 1. The lowest BCUT2D eigenvalue weighted by molar-refractivity contribution is -0.147. The van der Waals surface area contributed by atoms with Gasteiger partial charge in [-0.25, -0.2) is 4.39 Å². The van der Waals surface area contributed by atoms with Crippen LogP contribution in [-0.4, -0.2) is 93.1 Å². The van der Waals surface area contributed by atoms with E-state index in [4.69, 9.17) is 0 Å². The van der Waals surface area contributed by atoms with E-state index in [0.717, 1.165) is 16.9 Å². The fourth-order valence-corrected chi connectivity index (χ4v) is 8.68. The predicted molar refractivity (Wildman–Crippen MR) is 174 cm³/mol. The quantitative estimate of drug-likeness (QED) is 0.317. The molecule has 3 aromatic rings. The Morgan fingerprint density at radius 3 is 2.57 bits per heavy atom. The zero-order valence-electron chi connectivity index (χ0n) is 25.9. The molecule has 47 heavy (non-hydrogen) atoms. The Kier molecular flexibility index (Phi) is 9.52. The third-order valence-electron chi connectivity index (χ3n) is 9.67. The zero-order valence-corrected chi connectivity index (χ0v) is 27.6. The highest BCUT2D eigenvalue weighted by Gasteiger charge is 2.48. The van der Waals surface area contributed by atoms with Gasteiger partial charge in [0.25, 0.3) is 5.91 Å². The van der Waals surface area contributed by atoms with Crippen molar-refractivity contribution in [1.29, 1.82) is 5.26 Å². The Morgan fingerprint density at radius 1 is 1.11 bits per heavy atom. The number of nitrogens with one attached hydrogen (secondary N) is 1. The first kappa shape index (κ1) is 33.2. The second-order valence-corrected chi connectivity index (χ2v) is 15.2. The smallest absolute Gasteiger partial charge is 0.339 e. The summed E-state index contributed by atoms with van der Waals surface area (Å²) in [5.41, 5.74) is 0.821. The van der Waals surface area contributed by atoms with Gasteiger partial charge in [-0.1, -0.05) is 43.3 Å². The van der Waals surface area contributed by atoms with Crippen molar-refractivity contribution in [3.05, 3.63) is 70.6 Å². The van der Waals surface area contributed by atoms with Crippen molar-refractivity contribution in [3.63, 3.8) is 0 Å². The van der Waals surface area contributed by atoms with Crippen molar-refractivity contribution in [1.82, 2.24) is 20.0 Å². The zero-order chi connectivity index (χ0) is 33.5. The van der Waals surface area contributed by atoms with E-state index in [9.17, 15) is 38.4 Å². The Labute approximate surface area is 276 Å². The number of fused-ring (bicyclic) bond motifs is 2. The number of nitrogens with zero attached hydrogens (tertiary/aromatic N) is 4. The molecule has 248 valence electrons. The number of nitriles is 1. The fraction of sp³-hybridized carbons (Fsp3) is 0.455. The maximum absolute atomic E-state index is 14.3. The molecule has 6 rings (SSSR count). The minimum absolute atomic E-state index is 0.111. The topological polar surface area (TPSA) is 154 Å². The largest absolute Gasteiger partial charge is 0.363 e. The number of thiophene rings is 1. The van der Waals surface area contributed by atoms with Gasteiger partial charge in [0.1, 0.15) is 12.1 Å². The van der Waals surface area contributed by atoms with Crippen molar-refractivity contribution >= 4 is 46.7 Å². The molecule has 3 saturated heterocycles. The molecule has 3 N–H and O–H groups in total. The third kappa shape index (κ3) is 6.71. The summed E-state index contributed by atoms with van der Waals surface area (Å²) in [7, 11) is -5.00. The maximum atomic E-state index is 14.3. The number of carbonyl (C=O) groups is 3. The summed E-state index contributed by atoms with van der Waals surface area (Å²) in [5, 5.41) is 13.2. The first-order valence-electron chi connectivity index (χ1n) is 15.8. The van der Waals surface area contributed by atoms with Crippen LogP contribution in [0.3, 0.4) is 0 Å². The summed E-state index contributed by atoms with van der Waals surface area (Å²) in [6.45, 7) is 4.33. The predicted octanol–water partition coefficient (Wildman–Crippen LogP) is 4.00. The molecule has 4 heterocycles. The van der Waals surface area contributed by atoms with E-state index in [1.165, 1.54) is 24.3 Å². The van der Waals surface area contributed by atoms with Crippen LogP contribution in [0, 0.1) is 17.2 Å². The third-order valence-corrected chi connectivity index (χ3v) is 11.7. The normalized spacial score (nSPS) is 26.0. The van der Waals surface area contributed by atoms with E-state index in [2.05, 4.69) is 16.3 Å². The molecule has 0 unspecified atom stereocenters. The van der Waals surface area contributed by atoms with E-state index >= 15 is 0 Å². The van der Waals surface area contributed by atoms with Crippen molar-refractivity contribution in [2.75, 3.05) is 32.7 Å². The van der Waals surface area contributed by atoms with Crippen molar-refractivity contribution < 1.29 is 33.1 Å². The maximum Gasteiger partial charge on any atom is 0.363 e. The summed E-state index contributed by atoms with van der Waals surface area (Å²) < 4.78 is 26.4. The summed E-state index contributed by atoms with van der Waals surface area (Å²) >= 11 is 1.13. The SMILES string of the molecule is CCN1CC[C@H]2CC[C@@H](C(=O)N3C[C@H](c4ccccc4)[C@@H](C#N)C3)N2C(=O)[C@@H](NC(=O)c2cc3cc([C@H](F)P(=O)(O)O)ccc3s2)C1. The minimum Gasteiger partial charge on any atom is -0.339 e. The van der Waals surface area contributed by atoms with E-state index in [-0.39, 0.29) is 46.7 Å². The van der Waals surface area contributed by atoms with E-state index in [1.54, 1.807) is 9.80 Å². The van der Waals surface area contributed by atoms with Crippen LogP contribution in [0.15, 0.2) is 54.6 Å². The standard InChI is InChI=1S/C33H37FN5O6PS/c1-2-37-13-12-24-9-10-27(33(42)38-17-23(16-35)25(18-38)20-6-4-3-5-7-20)39(24)32(41)26(19-37)36-31(40)29-15-22-14-21(8-11-28(22)47-29)30(34)46(43,44)45/h3-8,11,14-15,23-27,30H,2,9-10,12-13,17-19H2,1H3,(H,36,40)(H2,43,44,45)/t23-,24+,25+,26-,27-,30+/m0/s1. The Balaban J connectivity index is 1.22. The number of amides is 3. The summed E-state index contributed by atoms with van der Waals surface area (Å²) in [4.78, 5) is 66.2. The van der Waals surface area contributed by atoms with Gasteiger partial charge in [0.15, 0.2) is 0 Å². The summed E-state index contributed by atoms with van der Waals surface area (Å²) in [6.07, 6.45) is 1.88. The van der Waals surface area contributed by atoms with Crippen LogP contribution < -0.4 is 5.32 Å². The number of carbonyl (C=O) groups excluding carboxylic acids is 3. The van der Waals surface area contributed by atoms with Crippen LogP contribution in [0.1, 0.15) is 58.8 Å². The molecule has 1 aromatic heterocycles. The molecule has 3 fully saturated rings. The number of benzene rings is 2. The number of likely N-dealkylation sites (N-methyl/N-ethyl adjacent to an activating group) is 1. The molecule has 0 spiro atoms. The molecule has 2 aromatic carbocycles. The van der Waals surface area contributed by atoms with Gasteiger partial charge in [-0.2, -0.15) is 5.26 Å². The number of hydrogen-bond donors (Lipinski definition) is 3.